The molecule has 0 spiro atoms. The van der Waals surface area contributed by atoms with Crippen LogP contribution in [-0.4, -0.2) is 30.5 Å². The molecule has 0 radical (unpaired) electrons. The van der Waals surface area contributed by atoms with Gasteiger partial charge in [-0.2, -0.15) is 0 Å². The van der Waals surface area contributed by atoms with E-state index < -0.39 is 6.10 Å². The van der Waals surface area contributed by atoms with Crippen molar-refractivity contribution < 1.29 is 14.6 Å². The lowest BCUT2D eigenvalue weighted by atomic mass is 10.2. The molecular weight excluding hydrogens is 192 g/mol. The molecule has 15 heavy (non-hydrogen) atoms. The zero-order valence-corrected chi connectivity index (χ0v) is 10.3. The van der Waals surface area contributed by atoms with Gasteiger partial charge in [0.25, 0.3) is 0 Å². The van der Waals surface area contributed by atoms with Gasteiger partial charge in [0.1, 0.15) is 6.61 Å². The first-order chi connectivity index (χ1) is 7.06. The second-order valence-corrected chi connectivity index (χ2v) is 4.04. The van der Waals surface area contributed by atoms with Crippen molar-refractivity contribution in [1.29, 1.82) is 0 Å². The molecule has 0 amide bonds. The van der Waals surface area contributed by atoms with Crippen LogP contribution in [0.2, 0.25) is 0 Å². The van der Waals surface area contributed by atoms with E-state index in [1.54, 1.807) is 13.2 Å². The molecule has 0 aromatic carbocycles. The molecule has 1 N–H and O–H groups in total. The molecule has 2 atom stereocenters. The largest absolute Gasteiger partial charge is 0.499 e. The first kappa shape index (κ1) is 14.5. The van der Waals surface area contributed by atoms with E-state index in [4.69, 9.17) is 14.6 Å². The third-order valence-electron chi connectivity index (χ3n) is 1.88. The lowest BCUT2D eigenvalue weighted by Gasteiger charge is -2.14. The molecule has 2 unspecified atom stereocenters. The van der Waals surface area contributed by atoms with Crippen LogP contribution >= 0.6 is 0 Å². The Hall–Kier alpha value is -0.540. The average Bonchev–Trinajstić information content (AvgIpc) is 2.15. The maximum atomic E-state index is 9.01. The molecule has 0 aliphatic carbocycles. The monoisotopic (exact) mass is 216 g/mol. The lowest BCUT2D eigenvalue weighted by molar-refractivity contribution is -0.0208. The minimum atomic E-state index is -0.412. The molecule has 0 rings (SSSR count). The van der Waals surface area contributed by atoms with Gasteiger partial charge in [0, 0.05) is 0 Å². The molecule has 0 saturated carbocycles. The normalized spacial score (nSPS) is 16.2. The van der Waals surface area contributed by atoms with Gasteiger partial charge in [0.05, 0.1) is 25.1 Å². The molecule has 90 valence electrons. The van der Waals surface area contributed by atoms with E-state index >= 15 is 0 Å². The average molecular weight is 216 g/mol. The SMILES string of the molecule is CCCC(C)=COCC(C)OCC(C)O. The maximum Gasteiger partial charge on any atom is 0.113 e. The van der Waals surface area contributed by atoms with Crippen LogP contribution in [-0.2, 0) is 9.47 Å². The van der Waals surface area contributed by atoms with E-state index in [0.717, 1.165) is 12.8 Å². The zero-order valence-electron chi connectivity index (χ0n) is 10.3. The van der Waals surface area contributed by atoms with Crippen molar-refractivity contribution in [2.45, 2.75) is 52.7 Å². The number of aliphatic hydroxyl groups excluding tert-OH is 1. The Morgan fingerprint density at radius 3 is 2.53 bits per heavy atom. The second-order valence-electron chi connectivity index (χ2n) is 4.04. The Balaban J connectivity index is 3.53. The molecule has 3 nitrogen and oxygen atoms in total. The number of rotatable bonds is 8. The number of ether oxygens (including phenoxy) is 2. The van der Waals surface area contributed by atoms with E-state index in [0.29, 0.717) is 13.2 Å². The first-order valence-electron chi connectivity index (χ1n) is 5.63. The van der Waals surface area contributed by atoms with Crippen LogP contribution in [0, 0.1) is 0 Å². The van der Waals surface area contributed by atoms with Gasteiger partial charge in [0.15, 0.2) is 0 Å². The van der Waals surface area contributed by atoms with Gasteiger partial charge in [-0.25, -0.2) is 0 Å². The van der Waals surface area contributed by atoms with Crippen LogP contribution < -0.4 is 0 Å². The molecule has 0 aromatic rings. The Labute approximate surface area is 93.1 Å². The van der Waals surface area contributed by atoms with Crippen LogP contribution in [0.3, 0.4) is 0 Å². The van der Waals surface area contributed by atoms with Crippen LogP contribution in [0.5, 0.6) is 0 Å². The topological polar surface area (TPSA) is 38.7 Å². The zero-order chi connectivity index (χ0) is 11.7. The highest BCUT2D eigenvalue weighted by atomic mass is 16.5. The summed E-state index contributed by atoms with van der Waals surface area (Å²) in [7, 11) is 0. The quantitative estimate of drug-likeness (QED) is 0.633. The van der Waals surface area contributed by atoms with Crippen molar-refractivity contribution in [3.05, 3.63) is 11.8 Å². The molecule has 0 heterocycles. The molecule has 3 heteroatoms. The summed E-state index contributed by atoms with van der Waals surface area (Å²) in [4.78, 5) is 0. The first-order valence-corrected chi connectivity index (χ1v) is 5.63. The highest BCUT2D eigenvalue weighted by Crippen LogP contribution is 2.03. The molecule has 0 aliphatic rings. The van der Waals surface area contributed by atoms with E-state index in [1.807, 2.05) is 6.92 Å². The van der Waals surface area contributed by atoms with Crippen LogP contribution in [0.4, 0.5) is 0 Å². The number of hydrogen-bond donors (Lipinski definition) is 1. The molecule has 0 fully saturated rings. The van der Waals surface area contributed by atoms with Gasteiger partial charge in [0.2, 0.25) is 0 Å². The third kappa shape index (κ3) is 9.76. The Morgan fingerprint density at radius 2 is 2.00 bits per heavy atom. The number of allylic oxidation sites excluding steroid dienone is 1. The highest BCUT2D eigenvalue weighted by Gasteiger charge is 2.03. The van der Waals surface area contributed by atoms with Gasteiger partial charge < -0.3 is 14.6 Å². The standard InChI is InChI=1S/C12H24O3/c1-5-6-10(2)7-14-9-12(4)15-8-11(3)13/h7,11-13H,5-6,8-9H2,1-4H3. The van der Waals surface area contributed by atoms with E-state index in [-0.39, 0.29) is 6.10 Å². The summed E-state index contributed by atoms with van der Waals surface area (Å²) >= 11 is 0. The van der Waals surface area contributed by atoms with Crippen molar-refractivity contribution in [3.63, 3.8) is 0 Å². The van der Waals surface area contributed by atoms with Gasteiger partial charge in [-0.1, -0.05) is 13.3 Å². The predicted octanol–water partition coefficient (Wildman–Crippen LogP) is 2.49. The molecule has 0 aliphatic heterocycles. The molecule has 0 saturated heterocycles. The highest BCUT2D eigenvalue weighted by molar-refractivity contribution is 4.92. The Bertz CT molecular complexity index is 176. The van der Waals surface area contributed by atoms with E-state index in [9.17, 15) is 0 Å². The van der Waals surface area contributed by atoms with Crippen LogP contribution in [0.15, 0.2) is 11.8 Å². The fraction of sp³-hybridized carbons (Fsp3) is 0.833. The Kier molecular flexibility index (Phi) is 8.43. The molecule has 0 aromatic heterocycles. The predicted molar refractivity (Wildman–Crippen MR) is 61.7 cm³/mol. The van der Waals surface area contributed by atoms with E-state index in [2.05, 4.69) is 13.8 Å². The summed E-state index contributed by atoms with van der Waals surface area (Å²) in [6.45, 7) is 8.75. The summed E-state index contributed by atoms with van der Waals surface area (Å²) < 4.78 is 10.7. The Morgan fingerprint density at radius 1 is 1.33 bits per heavy atom. The summed E-state index contributed by atoms with van der Waals surface area (Å²) in [6.07, 6.45) is 3.61. The van der Waals surface area contributed by atoms with Gasteiger partial charge in [-0.3, -0.25) is 0 Å². The van der Waals surface area contributed by atoms with Crippen molar-refractivity contribution in [1.82, 2.24) is 0 Å². The minimum absolute atomic E-state index is 0.0188. The molecular formula is C12H24O3. The maximum absolute atomic E-state index is 9.01. The summed E-state index contributed by atoms with van der Waals surface area (Å²) in [5.74, 6) is 0. The molecule has 0 bridgehead atoms. The van der Waals surface area contributed by atoms with Crippen LogP contribution in [0.25, 0.3) is 0 Å². The number of aliphatic hydroxyl groups is 1. The van der Waals surface area contributed by atoms with Crippen molar-refractivity contribution in [3.8, 4) is 0 Å². The fourth-order valence-electron chi connectivity index (χ4n) is 1.13. The smallest absolute Gasteiger partial charge is 0.113 e. The summed E-state index contributed by atoms with van der Waals surface area (Å²) in [6, 6.07) is 0. The third-order valence-corrected chi connectivity index (χ3v) is 1.88. The van der Waals surface area contributed by atoms with Crippen LogP contribution in [0.1, 0.15) is 40.5 Å². The second kappa shape index (κ2) is 8.74. The van der Waals surface area contributed by atoms with E-state index in [1.165, 1.54) is 5.57 Å². The summed E-state index contributed by atoms with van der Waals surface area (Å²) in [5, 5.41) is 9.01. The van der Waals surface area contributed by atoms with Gasteiger partial charge >= 0.3 is 0 Å². The minimum Gasteiger partial charge on any atom is -0.499 e. The van der Waals surface area contributed by atoms with Gasteiger partial charge in [-0.15, -0.1) is 0 Å². The summed E-state index contributed by atoms with van der Waals surface area (Å²) in [5.41, 5.74) is 1.25. The van der Waals surface area contributed by atoms with Gasteiger partial charge in [-0.05, 0) is 32.8 Å². The van der Waals surface area contributed by atoms with Crippen molar-refractivity contribution in [2.75, 3.05) is 13.2 Å². The lowest BCUT2D eigenvalue weighted by Crippen LogP contribution is -2.20. The number of hydrogen-bond acceptors (Lipinski definition) is 3. The van der Waals surface area contributed by atoms with Crippen molar-refractivity contribution in [2.24, 2.45) is 0 Å². The van der Waals surface area contributed by atoms with Crippen molar-refractivity contribution >= 4 is 0 Å². The fourth-order valence-corrected chi connectivity index (χ4v) is 1.13.